The van der Waals surface area contributed by atoms with E-state index < -0.39 is 17.5 Å². The van der Waals surface area contributed by atoms with E-state index in [0.29, 0.717) is 22.7 Å². The lowest BCUT2D eigenvalue weighted by Gasteiger charge is -2.30. The number of nitrogens with one attached hydrogen (secondary N) is 2. The Bertz CT molecular complexity index is 1220. The summed E-state index contributed by atoms with van der Waals surface area (Å²) in [6, 6.07) is 9.31. The van der Waals surface area contributed by atoms with Gasteiger partial charge in [0.2, 0.25) is 0 Å². The Morgan fingerprint density at radius 1 is 1.18 bits per heavy atom. The van der Waals surface area contributed by atoms with Gasteiger partial charge in [-0.3, -0.25) is 4.79 Å². The van der Waals surface area contributed by atoms with Gasteiger partial charge in [0.25, 0.3) is 5.91 Å². The third kappa shape index (κ3) is 5.05. The molecule has 1 saturated heterocycles. The van der Waals surface area contributed by atoms with E-state index in [4.69, 9.17) is 22.1 Å². The minimum absolute atomic E-state index is 0.000744. The fourth-order valence-electron chi connectivity index (χ4n) is 3.88. The summed E-state index contributed by atoms with van der Waals surface area (Å²) in [6.07, 6.45) is 1.36. The minimum Gasteiger partial charge on any atom is -0.494 e. The third-order valence-electron chi connectivity index (χ3n) is 5.63. The molecule has 4 rings (SSSR count). The third-order valence-corrected chi connectivity index (χ3v) is 6.04. The zero-order valence-corrected chi connectivity index (χ0v) is 19.3. The van der Waals surface area contributed by atoms with Crippen molar-refractivity contribution in [2.45, 2.75) is 6.42 Å². The van der Waals surface area contributed by atoms with Crippen LogP contribution in [0.2, 0.25) is 5.02 Å². The van der Waals surface area contributed by atoms with Gasteiger partial charge in [0.1, 0.15) is 17.4 Å². The molecule has 0 radical (unpaired) electrons. The van der Waals surface area contributed by atoms with Gasteiger partial charge in [-0.1, -0.05) is 11.6 Å². The van der Waals surface area contributed by atoms with E-state index in [9.17, 15) is 13.6 Å². The van der Waals surface area contributed by atoms with E-state index in [2.05, 4.69) is 20.5 Å². The molecule has 2 heterocycles. The van der Waals surface area contributed by atoms with Crippen molar-refractivity contribution in [2.75, 3.05) is 43.5 Å². The maximum absolute atomic E-state index is 14.3. The number of amides is 1. The molecule has 0 spiro atoms. The summed E-state index contributed by atoms with van der Waals surface area (Å²) in [7, 11) is 1.56. The minimum atomic E-state index is -0.736. The smallest absolute Gasteiger partial charge is 0.269 e. The summed E-state index contributed by atoms with van der Waals surface area (Å²) in [4.78, 5) is 18.4. The molecule has 1 aliphatic heterocycles. The first kappa shape index (κ1) is 23.7. The highest BCUT2D eigenvalue weighted by Gasteiger charge is 2.18. The highest BCUT2D eigenvalue weighted by Crippen LogP contribution is 2.34. The number of nitrogens with zero attached hydrogens (tertiary/aromatic N) is 2. The number of halogens is 3. The molecule has 1 fully saturated rings. The van der Waals surface area contributed by atoms with E-state index in [1.807, 2.05) is 18.2 Å². The zero-order chi connectivity index (χ0) is 24.2. The molecule has 7 nitrogen and oxygen atoms in total. The van der Waals surface area contributed by atoms with Crippen LogP contribution in [0.25, 0.3) is 0 Å². The number of pyridine rings is 1. The average Bonchev–Trinajstić information content (AvgIpc) is 2.85. The summed E-state index contributed by atoms with van der Waals surface area (Å²) in [5.41, 5.74) is 7.95. The van der Waals surface area contributed by atoms with Crippen LogP contribution in [0.1, 0.15) is 21.6 Å². The predicted molar refractivity (Wildman–Crippen MR) is 128 cm³/mol. The van der Waals surface area contributed by atoms with Gasteiger partial charge in [-0.05, 0) is 35.9 Å². The Kier molecular flexibility index (Phi) is 7.14. The number of primary amides is 1. The van der Waals surface area contributed by atoms with Crippen LogP contribution in [-0.4, -0.2) is 44.2 Å². The van der Waals surface area contributed by atoms with Crippen molar-refractivity contribution in [3.63, 3.8) is 0 Å². The molecule has 34 heavy (non-hydrogen) atoms. The highest BCUT2D eigenvalue weighted by molar-refractivity contribution is 6.31. The Morgan fingerprint density at radius 3 is 2.62 bits per heavy atom. The van der Waals surface area contributed by atoms with Gasteiger partial charge in [0.05, 0.1) is 23.5 Å². The Morgan fingerprint density at radius 2 is 1.91 bits per heavy atom. The van der Waals surface area contributed by atoms with Crippen molar-refractivity contribution in [3.05, 3.63) is 76.1 Å². The first-order chi connectivity index (χ1) is 16.4. The number of methoxy groups -OCH3 is 1. The van der Waals surface area contributed by atoms with Gasteiger partial charge in [-0.15, -0.1) is 0 Å². The van der Waals surface area contributed by atoms with Crippen LogP contribution < -0.4 is 26.0 Å². The number of carbonyl (C=O) groups is 1. The lowest BCUT2D eigenvalue weighted by Crippen LogP contribution is -2.43. The van der Waals surface area contributed by atoms with Gasteiger partial charge < -0.3 is 26.0 Å². The second-order valence-corrected chi connectivity index (χ2v) is 8.23. The normalized spacial score (nSPS) is 13.6. The lowest BCUT2D eigenvalue weighted by molar-refractivity contribution is 0.0996. The van der Waals surface area contributed by atoms with Crippen molar-refractivity contribution in [2.24, 2.45) is 5.73 Å². The standard InChI is InChI=1S/C24H24ClF2N5O2/c1-34-21-12-15(32-8-6-29-7-9-32)2-5-19(21)31-20-11-14(13-30-23(20)24(28)33)10-16-17(26)3-4-18(27)22(16)25/h2-5,11-13,29,31H,6-10H2,1H3,(H2,28,33). The molecule has 4 N–H and O–H groups in total. The van der Waals surface area contributed by atoms with Crippen LogP contribution in [0.5, 0.6) is 5.75 Å². The number of piperazine rings is 1. The monoisotopic (exact) mass is 487 g/mol. The summed E-state index contributed by atoms with van der Waals surface area (Å²) >= 11 is 5.97. The van der Waals surface area contributed by atoms with Gasteiger partial charge in [0.15, 0.2) is 5.69 Å². The molecule has 3 aromatic rings. The number of aromatic nitrogens is 1. The lowest BCUT2D eigenvalue weighted by atomic mass is 10.0. The van der Waals surface area contributed by atoms with Crippen LogP contribution in [0.3, 0.4) is 0 Å². The molecule has 0 atom stereocenters. The molecule has 1 aliphatic rings. The van der Waals surface area contributed by atoms with Crippen LogP contribution in [0.4, 0.5) is 25.8 Å². The van der Waals surface area contributed by atoms with Crippen molar-refractivity contribution in [1.82, 2.24) is 10.3 Å². The molecule has 178 valence electrons. The summed E-state index contributed by atoms with van der Waals surface area (Å²) in [5, 5.41) is 6.18. The number of hydrogen-bond acceptors (Lipinski definition) is 6. The van der Waals surface area contributed by atoms with Crippen molar-refractivity contribution < 1.29 is 18.3 Å². The molecule has 0 bridgehead atoms. The van der Waals surface area contributed by atoms with Gasteiger partial charge in [-0.25, -0.2) is 13.8 Å². The van der Waals surface area contributed by atoms with E-state index in [-0.39, 0.29) is 22.7 Å². The van der Waals surface area contributed by atoms with Crippen LogP contribution in [0.15, 0.2) is 42.6 Å². The number of anilines is 3. The molecule has 2 aromatic carbocycles. The van der Waals surface area contributed by atoms with Crippen LogP contribution in [-0.2, 0) is 6.42 Å². The second-order valence-electron chi connectivity index (χ2n) is 7.85. The topological polar surface area (TPSA) is 92.5 Å². The molecule has 0 aliphatic carbocycles. The number of nitrogens with two attached hydrogens (primary N) is 1. The van der Waals surface area contributed by atoms with Gasteiger partial charge >= 0.3 is 0 Å². The Balaban J connectivity index is 1.66. The number of ether oxygens (including phenoxy) is 1. The molecular formula is C24H24ClF2N5O2. The molecular weight excluding hydrogens is 464 g/mol. The maximum Gasteiger partial charge on any atom is 0.269 e. The zero-order valence-electron chi connectivity index (χ0n) is 18.5. The summed E-state index contributed by atoms with van der Waals surface area (Å²) in [5.74, 6) is -1.52. The molecule has 10 heteroatoms. The Labute approximate surface area is 200 Å². The quantitative estimate of drug-likeness (QED) is 0.438. The largest absolute Gasteiger partial charge is 0.494 e. The molecule has 1 aromatic heterocycles. The Hall–Kier alpha value is -3.43. The number of rotatable bonds is 7. The van der Waals surface area contributed by atoms with Crippen molar-refractivity contribution in [1.29, 1.82) is 0 Å². The maximum atomic E-state index is 14.3. The van der Waals surface area contributed by atoms with Gasteiger partial charge in [0, 0.05) is 56.1 Å². The molecule has 0 saturated carbocycles. The fraction of sp³-hybridized carbons (Fsp3) is 0.250. The number of benzene rings is 2. The first-order valence-electron chi connectivity index (χ1n) is 10.7. The average molecular weight is 488 g/mol. The fourth-order valence-corrected chi connectivity index (χ4v) is 4.10. The molecule has 1 amide bonds. The van der Waals surface area contributed by atoms with Gasteiger partial charge in [-0.2, -0.15) is 0 Å². The summed E-state index contributed by atoms with van der Waals surface area (Å²) < 4.78 is 33.7. The van der Waals surface area contributed by atoms with Crippen LogP contribution >= 0.6 is 11.6 Å². The highest BCUT2D eigenvalue weighted by atomic mass is 35.5. The number of hydrogen-bond donors (Lipinski definition) is 3. The first-order valence-corrected chi connectivity index (χ1v) is 11.1. The van der Waals surface area contributed by atoms with Crippen LogP contribution in [0, 0.1) is 11.6 Å². The van der Waals surface area contributed by atoms with Crippen molar-refractivity contribution in [3.8, 4) is 5.75 Å². The van der Waals surface area contributed by atoms with E-state index in [1.54, 1.807) is 13.2 Å². The van der Waals surface area contributed by atoms with E-state index in [0.717, 1.165) is 44.0 Å². The van der Waals surface area contributed by atoms with E-state index >= 15 is 0 Å². The number of carbonyl (C=O) groups excluding carboxylic acids is 1. The SMILES string of the molecule is COc1cc(N2CCNCC2)ccc1Nc1cc(Cc2c(F)ccc(F)c2Cl)cnc1C(N)=O. The van der Waals surface area contributed by atoms with Crippen molar-refractivity contribution >= 4 is 34.6 Å². The second kappa shape index (κ2) is 10.2. The summed E-state index contributed by atoms with van der Waals surface area (Å²) in [6.45, 7) is 3.57. The van der Waals surface area contributed by atoms with E-state index in [1.165, 1.54) is 6.20 Å². The molecule has 0 unspecified atom stereocenters. The predicted octanol–water partition coefficient (Wildman–Crippen LogP) is 3.86.